The number of aromatic nitrogens is 1. The first-order valence-electron chi connectivity index (χ1n) is 13.3. The molecule has 1 aromatic rings. The van der Waals surface area contributed by atoms with Crippen LogP contribution in [-0.4, -0.2) is 94.9 Å². The molecule has 0 bridgehead atoms. The maximum atomic E-state index is 12.9. The van der Waals surface area contributed by atoms with Crippen LogP contribution in [0.2, 0.25) is 0 Å². The van der Waals surface area contributed by atoms with Crippen molar-refractivity contribution in [1.82, 2.24) is 25.4 Å². The van der Waals surface area contributed by atoms with Gasteiger partial charge in [0, 0.05) is 44.2 Å². The summed E-state index contributed by atoms with van der Waals surface area (Å²) in [5.41, 5.74) is 10.7. The molecule has 3 heterocycles. The molecule has 13 nitrogen and oxygen atoms in total. The topological polar surface area (TPSA) is 200 Å². The summed E-state index contributed by atoms with van der Waals surface area (Å²) >= 11 is 1.19. The molecule has 2 saturated heterocycles. The fourth-order valence-electron chi connectivity index (χ4n) is 4.87. The van der Waals surface area contributed by atoms with Gasteiger partial charge < -0.3 is 31.9 Å². The number of likely N-dealkylation sites (tertiary alicyclic amines) is 2. The summed E-state index contributed by atoms with van der Waals surface area (Å²) < 4.78 is 0. The Labute approximate surface area is 232 Å². The van der Waals surface area contributed by atoms with Crippen LogP contribution in [0.1, 0.15) is 61.7 Å². The first kappa shape index (κ1) is 30.0. The number of piperidine rings is 1. The molecule has 3 amide bonds. The van der Waals surface area contributed by atoms with Crippen LogP contribution in [0.3, 0.4) is 0 Å². The molecule has 0 aromatic carbocycles. The quantitative estimate of drug-likeness (QED) is 0.0963. The number of amides is 3. The van der Waals surface area contributed by atoms with Crippen LogP contribution in [0.25, 0.3) is 0 Å². The zero-order valence-corrected chi connectivity index (χ0v) is 23.2. The van der Waals surface area contributed by atoms with E-state index in [1.54, 1.807) is 12.3 Å². The number of nitrogens with two attached hydrogens (primary N) is 2. The van der Waals surface area contributed by atoms with Crippen molar-refractivity contribution in [3.05, 3.63) is 16.6 Å². The second-order valence-corrected chi connectivity index (χ2v) is 10.9. The van der Waals surface area contributed by atoms with Crippen molar-refractivity contribution < 1.29 is 19.2 Å². The number of thiazole rings is 1. The maximum Gasteiger partial charge on any atom is 0.245 e. The highest BCUT2D eigenvalue weighted by Crippen LogP contribution is 2.22. The van der Waals surface area contributed by atoms with E-state index in [4.69, 9.17) is 16.9 Å². The number of ketones is 1. The van der Waals surface area contributed by atoms with Crippen LogP contribution < -0.4 is 22.1 Å². The van der Waals surface area contributed by atoms with Gasteiger partial charge in [-0.15, -0.1) is 11.3 Å². The van der Waals surface area contributed by atoms with Crippen LogP contribution in [0, 0.1) is 11.3 Å². The molecule has 3 rings (SSSR count). The molecule has 0 saturated carbocycles. The SMILES string of the molecule is CC(=N)N1CCC(CCC(=O)N[C@H]2CCN(CC(=O)N[C@@H](CCCN=C(N)N)C(=O)c3nccs3)C2=O)CC1. The van der Waals surface area contributed by atoms with Crippen LogP contribution in [-0.2, 0) is 14.4 Å². The minimum Gasteiger partial charge on any atom is -0.370 e. The van der Waals surface area contributed by atoms with Gasteiger partial charge in [0.15, 0.2) is 11.0 Å². The van der Waals surface area contributed by atoms with E-state index in [2.05, 4.69) is 20.6 Å². The Morgan fingerprint density at radius 1 is 1.21 bits per heavy atom. The first-order chi connectivity index (χ1) is 18.6. The third-order valence-electron chi connectivity index (χ3n) is 7.08. The summed E-state index contributed by atoms with van der Waals surface area (Å²) in [6, 6.07) is -1.47. The van der Waals surface area contributed by atoms with Crippen molar-refractivity contribution in [3.8, 4) is 0 Å². The van der Waals surface area contributed by atoms with Crippen molar-refractivity contribution in [3.63, 3.8) is 0 Å². The van der Waals surface area contributed by atoms with Crippen LogP contribution in [0.15, 0.2) is 16.6 Å². The number of hydrogen-bond acceptors (Lipinski definition) is 8. The molecule has 214 valence electrons. The van der Waals surface area contributed by atoms with Crippen molar-refractivity contribution in [2.45, 2.75) is 64.0 Å². The van der Waals surface area contributed by atoms with Crippen LogP contribution >= 0.6 is 11.3 Å². The predicted octanol–water partition coefficient (Wildman–Crippen LogP) is 0.0707. The number of Topliss-reactive ketones (excluding diaryl/α,β-unsaturated/α-hetero) is 1. The third kappa shape index (κ3) is 9.30. The van der Waals surface area contributed by atoms with Gasteiger partial charge >= 0.3 is 0 Å². The zero-order valence-electron chi connectivity index (χ0n) is 22.4. The van der Waals surface area contributed by atoms with E-state index in [0.717, 1.165) is 32.4 Å². The van der Waals surface area contributed by atoms with Gasteiger partial charge in [-0.3, -0.25) is 29.6 Å². The number of guanidine groups is 1. The van der Waals surface area contributed by atoms with Gasteiger partial charge in [-0.2, -0.15) is 0 Å². The van der Waals surface area contributed by atoms with E-state index in [0.29, 0.717) is 50.5 Å². The van der Waals surface area contributed by atoms with Gasteiger partial charge in [-0.25, -0.2) is 4.98 Å². The highest BCUT2D eigenvalue weighted by Gasteiger charge is 2.34. The van der Waals surface area contributed by atoms with Gasteiger partial charge in [0.05, 0.1) is 18.4 Å². The summed E-state index contributed by atoms with van der Waals surface area (Å²) in [5, 5.41) is 15.3. The second kappa shape index (κ2) is 14.6. The van der Waals surface area contributed by atoms with Gasteiger partial charge in [-0.1, -0.05) is 0 Å². The Morgan fingerprint density at radius 2 is 1.95 bits per heavy atom. The Bertz CT molecular complexity index is 1050. The van der Waals surface area contributed by atoms with E-state index >= 15 is 0 Å². The summed E-state index contributed by atoms with van der Waals surface area (Å²) in [6.45, 7) is 3.92. The van der Waals surface area contributed by atoms with E-state index in [-0.39, 0.29) is 35.1 Å². The molecule has 2 atom stereocenters. The fourth-order valence-corrected chi connectivity index (χ4v) is 5.50. The van der Waals surface area contributed by atoms with Gasteiger partial charge in [0.1, 0.15) is 6.04 Å². The summed E-state index contributed by atoms with van der Waals surface area (Å²) in [5.74, 6) is -0.267. The lowest BCUT2D eigenvalue weighted by atomic mass is 9.92. The normalized spacial score (nSPS) is 18.5. The molecule has 0 unspecified atom stereocenters. The lowest BCUT2D eigenvalue weighted by molar-refractivity contribution is -0.135. The Morgan fingerprint density at radius 3 is 2.59 bits per heavy atom. The number of nitrogens with one attached hydrogen (secondary N) is 3. The molecular weight excluding hydrogens is 522 g/mol. The van der Waals surface area contributed by atoms with Crippen molar-refractivity contribution in [1.29, 1.82) is 5.41 Å². The average Bonchev–Trinajstić information content (AvgIpc) is 3.55. The molecule has 0 spiro atoms. The second-order valence-electron chi connectivity index (χ2n) is 9.99. The minimum atomic E-state index is -0.819. The number of carbonyl (C=O) groups is 4. The van der Waals surface area contributed by atoms with E-state index < -0.39 is 18.0 Å². The number of aliphatic imine (C=N–C) groups is 1. The van der Waals surface area contributed by atoms with Gasteiger partial charge in [0.2, 0.25) is 23.5 Å². The first-order valence-corrected chi connectivity index (χ1v) is 14.2. The van der Waals surface area contributed by atoms with E-state index in [9.17, 15) is 19.2 Å². The molecule has 0 radical (unpaired) electrons. The molecule has 2 fully saturated rings. The summed E-state index contributed by atoms with van der Waals surface area (Å²) in [6.07, 6.45) is 5.74. The standard InChI is InChI=1S/C25H39N9O4S/c1-16(26)33-11-6-17(7-12-33)4-5-20(35)32-19-8-13-34(24(19)38)15-21(36)31-18(3-2-9-30-25(27)28)22(37)23-29-10-14-39-23/h10,14,17-19,26H,2-9,11-13,15H2,1H3,(H,31,36)(H,32,35)(H4,27,28,30)/t18-,19-/m0/s1. The van der Waals surface area contributed by atoms with E-state index in [1.807, 2.05) is 4.90 Å². The summed E-state index contributed by atoms with van der Waals surface area (Å²) in [7, 11) is 0. The molecule has 39 heavy (non-hydrogen) atoms. The number of hydrogen-bond donors (Lipinski definition) is 5. The molecular formula is C25H39N9O4S. The number of rotatable bonds is 13. The highest BCUT2D eigenvalue weighted by molar-refractivity contribution is 7.11. The van der Waals surface area contributed by atoms with Crippen molar-refractivity contribution >= 4 is 46.6 Å². The van der Waals surface area contributed by atoms with Crippen LogP contribution in [0.5, 0.6) is 0 Å². The number of carbonyl (C=O) groups excluding carboxylic acids is 4. The molecule has 14 heteroatoms. The molecule has 2 aliphatic heterocycles. The van der Waals surface area contributed by atoms with Gasteiger partial charge in [-0.05, 0) is 51.4 Å². The Hall–Kier alpha value is -3.55. The van der Waals surface area contributed by atoms with Crippen molar-refractivity contribution in [2.75, 3.05) is 32.7 Å². The van der Waals surface area contributed by atoms with Crippen molar-refractivity contribution in [2.24, 2.45) is 22.4 Å². The average molecular weight is 562 g/mol. The molecule has 2 aliphatic rings. The number of nitrogens with zero attached hydrogens (tertiary/aromatic N) is 4. The maximum absolute atomic E-state index is 12.9. The lowest BCUT2D eigenvalue weighted by Gasteiger charge is -2.32. The van der Waals surface area contributed by atoms with Gasteiger partial charge in [0.25, 0.3) is 0 Å². The zero-order chi connectivity index (χ0) is 28.4. The third-order valence-corrected chi connectivity index (χ3v) is 7.86. The Kier molecular flexibility index (Phi) is 11.2. The smallest absolute Gasteiger partial charge is 0.245 e. The fraction of sp³-hybridized carbons (Fsp3) is 0.640. The number of amidine groups is 1. The summed E-state index contributed by atoms with van der Waals surface area (Å²) in [4.78, 5) is 62.4. The predicted molar refractivity (Wildman–Crippen MR) is 148 cm³/mol. The minimum absolute atomic E-state index is 0.0459. The molecule has 7 N–H and O–H groups in total. The highest BCUT2D eigenvalue weighted by atomic mass is 32.1. The van der Waals surface area contributed by atoms with Crippen LogP contribution in [0.4, 0.5) is 0 Å². The largest absolute Gasteiger partial charge is 0.370 e. The Balaban J connectivity index is 1.44. The van der Waals surface area contributed by atoms with E-state index in [1.165, 1.54) is 22.4 Å². The monoisotopic (exact) mass is 561 g/mol. The molecule has 0 aliphatic carbocycles. The molecule has 1 aromatic heterocycles. The lowest BCUT2D eigenvalue weighted by Crippen LogP contribution is -2.48.